The highest BCUT2D eigenvalue weighted by molar-refractivity contribution is 5.85. The zero-order chi connectivity index (χ0) is 13.0. The summed E-state index contributed by atoms with van der Waals surface area (Å²) in [5.41, 5.74) is 1.41. The lowest BCUT2D eigenvalue weighted by molar-refractivity contribution is 0.230. The average molecular weight is 284 g/mol. The van der Waals surface area contributed by atoms with Gasteiger partial charge in [-0.3, -0.25) is 0 Å². The van der Waals surface area contributed by atoms with Gasteiger partial charge < -0.3 is 9.64 Å². The smallest absolute Gasteiger partial charge is 0.122 e. The summed E-state index contributed by atoms with van der Waals surface area (Å²) in [6.45, 7) is 1.18. The third-order valence-corrected chi connectivity index (χ3v) is 4.05. The second-order valence-corrected chi connectivity index (χ2v) is 5.66. The van der Waals surface area contributed by atoms with Crippen molar-refractivity contribution < 1.29 is 4.74 Å². The maximum absolute atomic E-state index is 5.54. The molecule has 0 aromatic heterocycles. The highest BCUT2D eigenvalue weighted by Crippen LogP contribution is 2.41. The lowest BCUT2D eigenvalue weighted by Gasteiger charge is -2.34. The number of hydrogen-bond acceptors (Lipinski definition) is 2. The lowest BCUT2D eigenvalue weighted by Crippen LogP contribution is -2.29. The molecule has 2 unspecified atom stereocenters. The van der Waals surface area contributed by atoms with Crippen LogP contribution in [0.25, 0.3) is 0 Å². The first-order valence-electron chi connectivity index (χ1n) is 7.00. The Morgan fingerprint density at radius 3 is 2.53 bits per heavy atom. The molecule has 0 heterocycles. The van der Waals surface area contributed by atoms with Gasteiger partial charge in [-0.05, 0) is 50.4 Å². The van der Waals surface area contributed by atoms with Crippen molar-refractivity contribution in [1.82, 2.24) is 4.90 Å². The van der Waals surface area contributed by atoms with Gasteiger partial charge in [0.05, 0.1) is 7.11 Å². The van der Waals surface area contributed by atoms with Crippen LogP contribution in [0, 0.1) is 5.92 Å². The van der Waals surface area contributed by atoms with E-state index in [9.17, 15) is 0 Å². The van der Waals surface area contributed by atoms with Crippen LogP contribution in [0.15, 0.2) is 24.3 Å². The van der Waals surface area contributed by atoms with Crippen molar-refractivity contribution in [2.45, 2.75) is 31.6 Å². The fourth-order valence-electron chi connectivity index (χ4n) is 3.28. The number of methoxy groups -OCH3 is 1. The first-order chi connectivity index (χ1) is 8.72. The van der Waals surface area contributed by atoms with Crippen LogP contribution in [-0.2, 0) is 0 Å². The van der Waals surface area contributed by atoms with E-state index in [1.54, 1.807) is 7.11 Å². The van der Waals surface area contributed by atoms with Crippen LogP contribution < -0.4 is 4.74 Å². The van der Waals surface area contributed by atoms with E-state index < -0.39 is 0 Å². The molecule has 1 aliphatic rings. The molecule has 1 aliphatic carbocycles. The highest BCUT2D eigenvalue weighted by atomic mass is 35.5. The van der Waals surface area contributed by atoms with Crippen LogP contribution in [0.1, 0.15) is 37.2 Å². The summed E-state index contributed by atoms with van der Waals surface area (Å²) in [6, 6.07) is 8.54. The van der Waals surface area contributed by atoms with Crippen molar-refractivity contribution in [3.8, 4) is 5.75 Å². The molecule has 0 N–H and O–H groups in total. The molecule has 108 valence electrons. The maximum atomic E-state index is 5.54. The Kier molecular flexibility index (Phi) is 6.67. The summed E-state index contributed by atoms with van der Waals surface area (Å²) in [4.78, 5) is 2.32. The zero-order valence-corrected chi connectivity index (χ0v) is 13.1. The molecule has 19 heavy (non-hydrogen) atoms. The molecule has 0 radical (unpaired) electrons. The molecule has 1 fully saturated rings. The van der Waals surface area contributed by atoms with Gasteiger partial charge in [-0.1, -0.05) is 31.0 Å². The number of rotatable bonds is 4. The summed E-state index contributed by atoms with van der Waals surface area (Å²) in [7, 11) is 6.13. The van der Waals surface area contributed by atoms with Crippen LogP contribution in [0.4, 0.5) is 0 Å². The second-order valence-electron chi connectivity index (χ2n) is 5.66. The molecular formula is C16H26ClNO. The molecule has 2 nitrogen and oxygen atoms in total. The number of halogens is 1. The third kappa shape index (κ3) is 4.12. The number of nitrogens with zero attached hydrogens (tertiary/aromatic N) is 1. The Balaban J connectivity index is 0.00000180. The molecule has 0 aliphatic heterocycles. The Morgan fingerprint density at radius 2 is 1.84 bits per heavy atom. The number of hydrogen-bond donors (Lipinski definition) is 0. The van der Waals surface area contributed by atoms with E-state index in [1.807, 2.05) is 0 Å². The molecule has 0 amide bonds. The van der Waals surface area contributed by atoms with Crippen molar-refractivity contribution in [1.29, 1.82) is 0 Å². The molecule has 1 aromatic carbocycles. The van der Waals surface area contributed by atoms with E-state index in [2.05, 4.69) is 43.3 Å². The van der Waals surface area contributed by atoms with Gasteiger partial charge in [0.15, 0.2) is 0 Å². The van der Waals surface area contributed by atoms with Crippen LogP contribution in [0.3, 0.4) is 0 Å². The molecule has 3 heteroatoms. The van der Waals surface area contributed by atoms with Crippen molar-refractivity contribution in [2.24, 2.45) is 5.92 Å². The quantitative estimate of drug-likeness (QED) is 0.829. The Morgan fingerprint density at radius 1 is 1.16 bits per heavy atom. The van der Waals surface area contributed by atoms with E-state index in [-0.39, 0.29) is 12.4 Å². The molecular weight excluding hydrogens is 258 g/mol. The first-order valence-corrected chi connectivity index (χ1v) is 7.00. The van der Waals surface area contributed by atoms with E-state index in [4.69, 9.17) is 4.74 Å². The van der Waals surface area contributed by atoms with Gasteiger partial charge in [0.25, 0.3) is 0 Å². The minimum atomic E-state index is 0. The topological polar surface area (TPSA) is 12.5 Å². The summed E-state index contributed by atoms with van der Waals surface area (Å²) in [6.07, 6.45) is 5.39. The van der Waals surface area contributed by atoms with Gasteiger partial charge in [0, 0.05) is 6.54 Å². The molecule has 2 rings (SSSR count). The second kappa shape index (κ2) is 7.76. The van der Waals surface area contributed by atoms with Gasteiger partial charge in [0.2, 0.25) is 0 Å². The average Bonchev–Trinajstić information content (AvgIpc) is 2.39. The normalized spacial score (nSPS) is 22.9. The van der Waals surface area contributed by atoms with Gasteiger partial charge in [0.1, 0.15) is 5.75 Å². The first kappa shape index (κ1) is 16.3. The minimum absolute atomic E-state index is 0. The van der Waals surface area contributed by atoms with E-state index >= 15 is 0 Å². The van der Waals surface area contributed by atoms with Crippen molar-refractivity contribution >= 4 is 12.4 Å². The maximum Gasteiger partial charge on any atom is 0.122 e. The third-order valence-electron chi connectivity index (χ3n) is 4.05. The Labute approximate surface area is 123 Å². The Bertz CT molecular complexity index is 381. The standard InChI is InChI=1S/C16H25NO.ClH/c1-17(2)12-13-8-4-5-9-14(13)15-10-6-7-11-16(15)18-3;/h6-7,10-11,13-14H,4-5,8-9,12H2,1-3H3;1H. The summed E-state index contributed by atoms with van der Waals surface area (Å²) in [5, 5.41) is 0. The molecule has 0 saturated heterocycles. The number of para-hydroxylation sites is 1. The van der Waals surface area contributed by atoms with Gasteiger partial charge in [-0.2, -0.15) is 0 Å². The molecule has 1 saturated carbocycles. The molecule has 0 bridgehead atoms. The van der Waals surface area contributed by atoms with Crippen LogP contribution in [0.5, 0.6) is 5.75 Å². The van der Waals surface area contributed by atoms with E-state index in [0.29, 0.717) is 5.92 Å². The minimum Gasteiger partial charge on any atom is -0.496 e. The summed E-state index contributed by atoms with van der Waals surface area (Å²) in [5.74, 6) is 2.50. The largest absolute Gasteiger partial charge is 0.496 e. The predicted octanol–water partition coefficient (Wildman–Crippen LogP) is 3.95. The van der Waals surface area contributed by atoms with Gasteiger partial charge >= 0.3 is 0 Å². The van der Waals surface area contributed by atoms with Crippen LogP contribution in [-0.4, -0.2) is 32.6 Å². The summed E-state index contributed by atoms with van der Waals surface area (Å²) < 4.78 is 5.54. The predicted molar refractivity (Wildman–Crippen MR) is 83.5 cm³/mol. The van der Waals surface area contributed by atoms with E-state index in [0.717, 1.165) is 11.7 Å². The monoisotopic (exact) mass is 283 g/mol. The fourth-order valence-corrected chi connectivity index (χ4v) is 3.28. The lowest BCUT2D eigenvalue weighted by atomic mass is 9.75. The summed E-state index contributed by atoms with van der Waals surface area (Å²) >= 11 is 0. The van der Waals surface area contributed by atoms with Crippen molar-refractivity contribution in [3.63, 3.8) is 0 Å². The molecule has 0 spiro atoms. The van der Waals surface area contributed by atoms with Crippen LogP contribution >= 0.6 is 12.4 Å². The molecule has 1 aromatic rings. The fraction of sp³-hybridized carbons (Fsp3) is 0.625. The van der Waals surface area contributed by atoms with Gasteiger partial charge in [-0.15, -0.1) is 12.4 Å². The Hall–Kier alpha value is -0.730. The van der Waals surface area contributed by atoms with Crippen molar-refractivity contribution in [2.75, 3.05) is 27.7 Å². The van der Waals surface area contributed by atoms with Gasteiger partial charge in [-0.25, -0.2) is 0 Å². The number of benzene rings is 1. The van der Waals surface area contributed by atoms with Crippen LogP contribution in [0.2, 0.25) is 0 Å². The highest BCUT2D eigenvalue weighted by Gasteiger charge is 2.28. The molecule has 2 atom stereocenters. The van der Waals surface area contributed by atoms with E-state index in [1.165, 1.54) is 37.8 Å². The number of ether oxygens (including phenoxy) is 1. The van der Waals surface area contributed by atoms with Crippen molar-refractivity contribution in [3.05, 3.63) is 29.8 Å². The zero-order valence-electron chi connectivity index (χ0n) is 12.3. The SMILES string of the molecule is COc1ccccc1C1CCCCC1CN(C)C.Cl.